The van der Waals surface area contributed by atoms with Crippen molar-refractivity contribution in [2.24, 2.45) is 5.92 Å². The average Bonchev–Trinajstić information content (AvgIpc) is 2.83. The topological polar surface area (TPSA) is 67.3 Å². The van der Waals surface area contributed by atoms with E-state index >= 15 is 0 Å². The van der Waals surface area contributed by atoms with E-state index in [9.17, 15) is 4.79 Å². The lowest BCUT2D eigenvalue weighted by atomic mass is 9.92. The SMILES string of the molecule is COc1ccc(C(=O)N2CCCC(Cc3ccccn3)C2)cc1NCc1cccnc1. The first-order valence-electron chi connectivity index (χ1n) is 10.7. The molecule has 160 valence electrons. The normalized spacial score (nSPS) is 16.0. The van der Waals surface area contributed by atoms with Gasteiger partial charge in [-0.25, -0.2) is 0 Å². The van der Waals surface area contributed by atoms with Crippen LogP contribution < -0.4 is 10.1 Å². The molecule has 0 aliphatic carbocycles. The van der Waals surface area contributed by atoms with Crippen LogP contribution >= 0.6 is 0 Å². The van der Waals surface area contributed by atoms with E-state index in [1.165, 1.54) is 0 Å². The van der Waals surface area contributed by atoms with Gasteiger partial charge >= 0.3 is 0 Å². The van der Waals surface area contributed by atoms with Gasteiger partial charge in [0.15, 0.2) is 0 Å². The molecule has 31 heavy (non-hydrogen) atoms. The van der Waals surface area contributed by atoms with Crippen LogP contribution in [0.2, 0.25) is 0 Å². The van der Waals surface area contributed by atoms with Crippen molar-refractivity contribution in [3.63, 3.8) is 0 Å². The van der Waals surface area contributed by atoms with E-state index < -0.39 is 0 Å². The predicted molar refractivity (Wildman–Crippen MR) is 121 cm³/mol. The molecule has 1 atom stereocenters. The number of hydrogen-bond acceptors (Lipinski definition) is 5. The molecule has 1 aliphatic rings. The van der Waals surface area contributed by atoms with Crippen molar-refractivity contribution in [2.75, 3.05) is 25.5 Å². The van der Waals surface area contributed by atoms with Gasteiger partial charge in [0.1, 0.15) is 5.75 Å². The zero-order chi connectivity index (χ0) is 21.5. The molecule has 6 heteroatoms. The fourth-order valence-electron chi connectivity index (χ4n) is 4.09. The minimum absolute atomic E-state index is 0.0674. The Labute approximate surface area is 183 Å². The highest BCUT2D eigenvalue weighted by atomic mass is 16.5. The van der Waals surface area contributed by atoms with Crippen molar-refractivity contribution in [1.29, 1.82) is 0 Å². The van der Waals surface area contributed by atoms with Crippen LogP contribution in [0.5, 0.6) is 5.75 Å². The van der Waals surface area contributed by atoms with Gasteiger partial charge < -0.3 is 15.0 Å². The molecule has 2 aromatic heterocycles. The second-order valence-electron chi connectivity index (χ2n) is 7.91. The summed E-state index contributed by atoms with van der Waals surface area (Å²) in [5, 5.41) is 3.38. The van der Waals surface area contributed by atoms with Crippen LogP contribution in [0.1, 0.15) is 34.5 Å². The standard InChI is InChI=1S/C25H28N4O2/c1-31-24-10-9-21(15-23(24)28-17-20-6-4-11-26-16-20)25(30)29-13-5-7-19(18-29)14-22-8-2-3-12-27-22/h2-4,6,8-12,15-16,19,28H,5,7,13-14,17-18H2,1H3. The predicted octanol–water partition coefficient (Wildman–Crippen LogP) is 4.19. The molecule has 1 aromatic carbocycles. The zero-order valence-corrected chi connectivity index (χ0v) is 17.8. The summed E-state index contributed by atoms with van der Waals surface area (Å²) in [5.41, 5.74) is 3.63. The molecule has 6 nitrogen and oxygen atoms in total. The van der Waals surface area contributed by atoms with Crippen LogP contribution in [0.15, 0.2) is 67.1 Å². The van der Waals surface area contributed by atoms with E-state index in [1.54, 1.807) is 13.3 Å². The number of amides is 1. The number of carbonyl (C=O) groups is 1. The van der Waals surface area contributed by atoms with Gasteiger partial charge in [0, 0.05) is 49.5 Å². The fraction of sp³-hybridized carbons (Fsp3) is 0.320. The molecule has 1 N–H and O–H groups in total. The molecule has 1 aliphatic heterocycles. The first-order chi connectivity index (χ1) is 15.2. The van der Waals surface area contributed by atoms with Crippen molar-refractivity contribution in [1.82, 2.24) is 14.9 Å². The lowest BCUT2D eigenvalue weighted by Crippen LogP contribution is -2.40. The molecule has 0 saturated carbocycles. The van der Waals surface area contributed by atoms with Crippen LogP contribution in [0.25, 0.3) is 0 Å². The van der Waals surface area contributed by atoms with Crippen molar-refractivity contribution < 1.29 is 9.53 Å². The minimum atomic E-state index is 0.0674. The van der Waals surface area contributed by atoms with Crippen molar-refractivity contribution in [3.05, 3.63) is 83.9 Å². The van der Waals surface area contributed by atoms with E-state index in [-0.39, 0.29) is 5.91 Å². The number of hydrogen-bond donors (Lipinski definition) is 1. The quantitative estimate of drug-likeness (QED) is 0.625. The summed E-state index contributed by atoms with van der Waals surface area (Å²) in [5.74, 6) is 1.22. The third-order valence-corrected chi connectivity index (χ3v) is 5.68. The maximum atomic E-state index is 13.3. The highest BCUT2D eigenvalue weighted by molar-refractivity contribution is 5.95. The number of rotatable bonds is 7. The summed E-state index contributed by atoms with van der Waals surface area (Å²) in [4.78, 5) is 23.8. The van der Waals surface area contributed by atoms with Crippen LogP contribution in [-0.2, 0) is 13.0 Å². The first kappa shape index (κ1) is 20.8. The number of nitrogens with one attached hydrogen (secondary N) is 1. The number of likely N-dealkylation sites (tertiary alicyclic amines) is 1. The summed E-state index contributed by atoms with van der Waals surface area (Å²) in [7, 11) is 1.64. The summed E-state index contributed by atoms with van der Waals surface area (Å²) in [6.07, 6.45) is 8.46. The minimum Gasteiger partial charge on any atom is -0.495 e. The molecule has 3 heterocycles. The van der Waals surface area contributed by atoms with Gasteiger partial charge in [-0.3, -0.25) is 14.8 Å². The molecular formula is C25H28N4O2. The number of methoxy groups -OCH3 is 1. The second kappa shape index (κ2) is 10.1. The maximum Gasteiger partial charge on any atom is 0.253 e. The number of nitrogens with zero attached hydrogens (tertiary/aromatic N) is 3. The van der Waals surface area contributed by atoms with Crippen molar-refractivity contribution >= 4 is 11.6 Å². The molecule has 0 radical (unpaired) electrons. The van der Waals surface area contributed by atoms with Gasteiger partial charge in [-0.05, 0) is 67.1 Å². The number of benzene rings is 1. The Bertz CT molecular complexity index is 995. The number of piperidine rings is 1. The van der Waals surface area contributed by atoms with Crippen molar-refractivity contribution in [2.45, 2.75) is 25.8 Å². The Morgan fingerprint density at radius 3 is 2.90 bits per heavy atom. The Hall–Kier alpha value is -3.41. The monoisotopic (exact) mass is 416 g/mol. The van der Waals surface area contributed by atoms with Gasteiger partial charge in [0.05, 0.1) is 12.8 Å². The number of carbonyl (C=O) groups excluding carboxylic acids is 1. The molecular weight excluding hydrogens is 388 g/mol. The molecule has 0 bridgehead atoms. The van der Waals surface area contributed by atoms with E-state index in [4.69, 9.17) is 4.74 Å². The maximum absolute atomic E-state index is 13.3. The summed E-state index contributed by atoms with van der Waals surface area (Å²) < 4.78 is 5.49. The molecule has 0 spiro atoms. The molecule has 1 unspecified atom stereocenters. The summed E-state index contributed by atoms with van der Waals surface area (Å²) in [6, 6.07) is 15.5. The van der Waals surface area contributed by atoms with Gasteiger partial charge in [-0.2, -0.15) is 0 Å². The number of ether oxygens (including phenoxy) is 1. The van der Waals surface area contributed by atoms with Crippen molar-refractivity contribution in [3.8, 4) is 5.75 Å². The van der Waals surface area contributed by atoms with Crippen LogP contribution in [-0.4, -0.2) is 41.0 Å². The van der Waals surface area contributed by atoms with Crippen LogP contribution in [0, 0.1) is 5.92 Å². The number of pyridine rings is 2. The smallest absolute Gasteiger partial charge is 0.253 e. The molecule has 1 fully saturated rings. The second-order valence-corrected chi connectivity index (χ2v) is 7.91. The number of anilines is 1. The first-order valence-corrected chi connectivity index (χ1v) is 10.7. The van der Waals surface area contributed by atoms with Crippen LogP contribution in [0.3, 0.4) is 0 Å². The van der Waals surface area contributed by atoms with Crippen LogP contribution in [0.4, 0.5) is 5.69 Å². The lowest BCUT2D eigenvalue weighted by molar-refractivity contribution is 0.0673. The lowest BCUT2D eigenvalue weighted by Gasteiger charge is -2.33. The van der Waals surface area contributed by atoms with Gasteiger partial charge in [-0.1, -0.05) is 12.1 Å². The largest absolute Gasteiger partial charge is 0.495 e. The third-order valence-electron chi connectivity index (χ3n) is 5.68. The van der Waals surface area contributed by atoms with Gasteiger partial charge in [0.2, 0.25) is 0 Å². The van der Waals surface area contributed by atoms with Gasteiger partial charge in [-0.15, -0.1) is 0 Å². The third kappa shape index (κ3) is 5.40. The Morgan fingerprint density at radius 1 is 1.19 bits per heavy atom. The Kier molecular flexibility index (Phi) is 6.77. The van der Waals surface area contributed by atoms with Gasteiger partial charge in [0.25, 0.3) is 5.91 Å². The molecule has 1 saturated heterocycles. The van der Waals surface area contributed by atoms with E-state index in [2.05, 4.69) is 21.4 Å². The van der Waals surface area contributed by atoms with E-state index in [0.29, 0.717) is 23.8 Å². The van der Waals surface area contributed by atoms with E-state index in [1.807, 2.05) is 59.8 Å². The summed E-state index contributed by atoms with van der Waals surface area (Å²) >= 11 is 0. The molecule has 1 amide bonds. The fourth-order valence-corrected chi connectivity index (χ4v) is 4.09. The summed E-state index contributed by atoms with van der Waals surface area (Å²) in [6.45, 7) is 2.17. The highest BCUT2D eigenvalue weighted by Gasteiger charge is 2.25. The zero-order valence-electron chi connectivity index (χ0n) is 17.8. The molecule has 4 rings (SSSR count). The Balaban J connectivity index is 1.44. The van der Waals surface area contributed by atoms with E-state index in [0.717, 1.165) is 49.3 Å². The highest BCUT2D eigenvalue weighted by Crippen LogP contribution is 2.28. The molecule has 3 aromatic rings. The number of aromatic nitrogens is 2. The average molecular weight is 417 g/mol. The Morgan fingerprint density at radius 2 is 2.13 bits per heavy atom.